The summed E-state index contributed by atoms with van der Waals surface area (Å²) < 4.78 is 26.4. The number of hydrogen-bond donors (Lipinski definition) is 2. The molecular weight excluding hydrogens is 604 g/mol. The molecule has 2 N–H and O–H groups in total. The third-order valence-electron chi connectivity index (χ3n) is 5.52. The summed E-state index contributed by atoms with van der Waals surface area (Å²) >= 11 is 2.13. The number of para-hydroxylation sites is 1. The number of carbonyl (C=O) groups is 3. The minimum absolute atomic E-state index is 0.000342. The van der Waals surface area contributed by atoms with Gasteiger partial charge in [-0.1, -0.05) is 42.0 Å². The molecular formula is C28H25FIN3O5. The lowest BCUT2D eigenvalue weighted by Gasteiger charge is -2.15. The molecule has 1 fully saturated rings. The van der Waals surface area contributed by atoms with E-state index in [9.17, 15) is 18.8 Å². The van der Waals surface area contributed by atoms with Gasteiger partial charge in [0.1, 0.15) is 24.7 Å². The van der Waals surface area contributed by atoms with Crippen molar-refractivity contribution in [1.29, 1.82) is 0 Å². The van der Waals surface area contributed by atoms with Crippen LogP contribution in [-0.4, -0.2) is 35.9 Å². The Balaban J connectivity index is 1.50. The molecule has 0 spiro atoms. The second kappa shape index (κ2) is 12.1. The van der Waals surface area contributed by atoms with Gasteiger partial charge in [-0.2, -0.15) is 0 Å². The number of hydrogen-bond acceptors (Lipinski definition) is 5. The van der Waals surface area contributed by atoms with E-state index < -0.39 is 30.2 Å². The number of carbonyl (C=O) groups excluding carboxylic acids is 3. The van der Waals surface area contributed by atoms with Gasteiger partial charge in [-0.05, 0) is 77.9 Å². The van der Waals surface area contributed by atoms with Crippen molar-refractivity contribution >= 4 is 52.2 Å². The lowest BCUT2D eigenvalue weighted by molar-refractivity contribution is -0.127. The van der Waals surface area contributed by atoms with E-state index in [1.165, 1.54) is 24.3 Å². The SMILES string of the molecule is CCOc1cc(/C=C2/NC(=O)N(CC(=O)Nc3ccccc3F)C2=O)cc(I)c1OCc1cccc(C)c1. The number of amides is 4. The average molecular weight is 629 g/mol. The topological polar surface area (TPSA) is 97.0 Å². The number of nitrogens with one attached hydrogen (secondary N) is 2. The van der Waals surface area contributed by atoms with Gasteiger partial charge in [-0.25, -0.2) is 14.1 Å². The fourth-order valence-corrected chi connectivity index (χ4v) is 4.59. The third-order valence-corrected chi connectivity index (χ3v) is 6.32. The van der Waals surface area contributed by atoms with Gasteiger partial charge in [0.15, 0.2) is 11.5 Å². The van der Waals surface area contributed by atoms with Gasteiger partial charge in [-0.3, -0.25) is 9.59 Å². The van der Waals surface area contributed by atoms with Crippen molar-refractivity contribution in [2.75, 3.05) is 18.5 Å². The molecule has 3 aromatic rings. The van der Waals surface area contributed by atoms with Gasteiger partial charge in [0, 0.05) is 0 Å². The molecule has 0 radical (unpaired) electrons. The Morgan fingerprint density at radius 3 is 2.63 bits per heavy atom. The van der Waals surface area contributed by atoms with E-state index in [1.54, 1.807) is 18.2 Å². The van der Waals surface area contributed by atoms with Gasteiger partial charge >= 0.3 is 6.03 Å². The van der Waals surface area contributed by atoms with Crippen molar-refractivity contribution in [3.63, 3.8) is 0 Å². The van der Waals surface area contributed by atoms with Crippen LogP contribution in [0.3, 0.4) is 0 Å². The Hall–Kier alpha value is -3.93. The summed E-state index contributed by atoms with van der Waals surface area (Å²) in [7, 11) is 0. The number of nitrogens with zero attached hydrogens (tertiary/aromatic N) is 1. The Labute approximate surface area is 232 Å². The smallest absolute Gasteiger partial charge is 0.329 e. The molecule has 1 aliphatic rings. The Bertz CT molecular complexity index is 1430. The monoisotopic (exact) mass is 629 g/mol. The van der Waals surface area contributed by atoms with Crippen LogP contribution in [0.25, 0.3) is 6.08 Å². The number of imide groups is 1. The number of aryl methyl sites for hydroxylation is 1. The molecule has 1 heterocycles. The summed E-state index contributed by atoms with van der Waals surface area (Å²) in [5.41, 5.74) is 2.72. The normalized spacial score (nSPS) is 14.0. The van der Waals surface area contributed by atoms with Gasteiger partial charge in [0.25, 0.3) is 5.91 Å². The predicted octanol–water partition coefficient (Wildman–Crippen LogP) is 5.25. The van der Waals surface area contributed by atoms with Crippen LogP contribution in [0.5, 0.6) is 11.5 Å². The molecule has 10 heteroatoms. The quantitative estimate of drug-likeness (QED) is 0.192. The van der Waals surface area contributed by atoms with Crippen LogP contribution >= 0.6 is 22.6 Å². The van der Waals surface area contributed by atoms with Crippen LogP contribution < -0.4 is 20.1 Å². The van der Waals surface area contributed by atoms with Crippen LogP contribution in [0.2, 0.25) is 0 Å². The van der Waals surface area contributed by atoms with Crippen LogP contribution in [-0.2, 0) is 16.2 Å². The van der Waals surface area contributed by atoms with E-state index in [0.29, 0.717) is 30.3 Å². The summed E-state index contributed by atoms with van der Waals surface area (Å²) in [5.74, 6) is -0.930. The van der Waals surface area contributed by atoms with Gasteiger partial charge in [-0.15, -0.1) is 0 Å². The van der Waals surface area contributed by atoms with Crippen molar-refractivity contribution in [3.8, 4) is 11.5 Å². The van der Waals surface area contributed by atoms with Crippen molar-refractivity contribution < 1.29 is 28.2 Å². The highest BCUT2D eigenvalue weighted by Crippen LogP contribution is 2.35. The van der Waals surface area contributed by atoms with Crippen molar-refractivity contribution in [2.45, 2.75) is 20.5 Å². The van der Waals surface area contributed by atoms with Crippen LogP contribution in [0.15, 0.2) is 66.4 Å². The first-order chi connectivity index (χ1) is 18.2. The fourth-order valence-electron chi connectivity index (χ4n) is 3.81. The second-order valence-corrected chi connectivity index (χ2v) is 9.61. The van der Waals surface area contributed by atoms with Gasteiger partial charge in [0.2, 0.25) is 5.91 Å². The third kappa shape index (κ3) is 6.49. The predicted molar refractivity (Wildman–Crippen MR) is 149 cm³/mol. The standard InChI is InChI=1S/C28H25FIN3O5/c1-3-37-24-14-19(12-21(30)26(24)38-16-18-8-6-7-17(2)11-18)13-23-27(35)33(28(36)32-23)15-25(34)31-22-10-5-4-9-20(22)29/h4-14H,3,15-16H2,1-2H3,(H,31,34)(H,32,36)/b23-13+. The number of benzene rings is 3. The first-order valence-electron chi connectivity index (χ1n) is 11.8. The van der Waals surface area contributed by atoms with E-state index in [4.69, 9.17) is 9.47 Å². The molecule has 38 heavy (non-hydrogen) atoms. The molecule has 0 atom stereocenters. The minimum Gasteiger partial charge on any atom is -0.490 e. The van der Waals surface area contributed by atoms with E-state index >= 15 is 0 Å². The largest absolute Gasteiger partial charge is 0.490 e. The summed E-state index contributed by atoms with van der Waals surface area (Å²) in [4.78, 5) is 38.4. The zero-order valence-electron chi connectivity index (χ0n) is 20.7. The summed E-state index contributed by atoms with van der Waals surface area (Å²) in [6.07, 6.45) is 1.50. The molecule has 0 unspecified atom stereocenters. The molecule has 0 saturated carbocycles. The zero-order chi connectivity index (χ0) is 27.2. The molecule has 3 aromatic carbocycles. The molecule has 196 valence electrons. The Morgan fingerprint density at radius 1 is 1.11 bits per heavy atom. The maximum Gasteiger partial charge on any atom is 0.329 e. The first kappa shape index (κ1) is 27.1. The van der Waals surface area contributed by atoms with Crippen molar-refractivity contribution in [3.05, 3.63) is 92.4 Å². The number of anilines is 1. The fraction of sp³-hybridized carbons (Fsp3) is 0.179. The molecule has 4 amide bonds. The van der Waals surface area contributed by atoms with E-state index in [2.05, 4.69) is 33.2 Å². The molecule has 0 bridgehead atoms. The lowest BCUT2D eigenvalue weighted by atomic mass is 10.1. The molecule has 1 saturated heterocycles. The van der Waals surface area contributed by atoms with E-state index in [-0.39, 0.29) is 11.4 Å². The number of ether oxygens (including phenoxy) is 2. The van der Waals surface area contributed by atoms with Crippen molar-refractivity contribution in [2.24, 2.45) is 0 Å². The van der Waals surface area contributed by atoms with E-state index in [0.717, 1.165) is 19.6 Å². The first-order valence-corrected chi connectivity index (χ1v) is 12.9. The maximum absolute atomic E-state index is 13.8. The maximum atomic E-state index is 13.8. The Morgan fingerprint density at radius 2 is 1.89 bits per heavy atom. The van der Waals surface area contributed by atoms with E-state index in [1.807, 2.05) is 38.1 Å². The molecule has 1 aliphatic heterocycles. The van der Waals surface area contributed by atoms with Gasteiger partial charge < -0.3 is 20.1 Å². The summed E-state index contributed by atoms with van der Waals surface area (Å²) in [5, 5.41) is 4.86. The second-order valence-electron chi connectivity index (χ2n) is 8.45. The van der Waals surface area contributed by atoms with Crippen LogP contribution in [0, 0.1) is 16.3 Å². The average Bonchev–Trinajstić information content (AvgIpc) is 3.12. The highest BCUT2D eigenvalue weighted by atomic mass is 127. The Kier molecular flexibility index (Phi) is 8.62. The number of urea groups is 1. The molecule has 8 nitrogen and oxygen atoms in total. The van der Waals surface area contributed by atoms with Crippen molar-refractivity contribution in [1.82, 2.24) is 10.2 Å². The lowest BCUT2D eigenvalue weighted by Crippen LogP contribution is -2.38. The highest BCUT2D eigenvalue weighted by Gasteiger charge is 2.35. The molecule has 4 rings (SSSR count). The number of halogens is 2. The zero-order valence-corrected chi connectivity index (χ0v) is 22.9. The number of rotatable bonds is 9. The highest BCUT2D eigenvalue weighted by molar-refractivity contribution is 14.1. The molecule has 0 aromatic heterocycles. The minimum atomic E-state index is -0.747. The summed E-state index contributed by atoms with van der Waals surface area (Å²) in [6.45, 7) is 4.06. The van der Waals surface area contributed by atoms with Crippen LogP contribution in [0.4, 0.5) is 14.9 Å². The summed E-state index contributed by atoms with van der Waals surface area (Å²) in [6, 6.07) is 16.4. The van der Waals surface area contributed by atoms with Gasteiger partial charge in [0.05, 0.1) is 15.9 Å². The van der Waals surface area contributed by atoms with Crippen LogP contribution in [0.1, 0.15) is 23.6 Å². The molecule has 0 aliphatic carbocycles.